The summed E-state index contributed by atoms with van der Waals surface area (Å²) >= 11 is 5.85. The van der Waals surface area contributed by atoms with E-state index >= 15 is 0 Å². The van der Waals surface area contributed by atoms with Crippen molar-refractivity contribution in [3.63, 3.8) is 0 Å². The summed E-state index contributed by atoms with van der Waals surface area (Å²) in [6.45, 7) is 4.03. The number of hydrogen-bond donors (Lipinski definition) is 3. The minimum atomic E-state index is -1.10. The largest absolute Gasteiger partial charge is 0.478 e. The quantitative estimate of drug-likeness (QED) is 0.753. The molecule has 20 heavy (non-hydrogen) atoms. The van der Waals surface area contributed by atoms with Crippen molar-refractivity contribution in [2.24, 2.45) is 11.1 Å². The molecule has 4 N–H and O–H groups in total. The lowest BCUT2D eigenvalue weighted by Crippen LogP contribution is -2.41. The van der Waals surface area contributed by atoms with E-state index in [9.17, 15) is 9.59 Å². The van der Waals surface area contributed by atoms with Gasteiger partial charge in [0.05, 0.1) is 11.0 Å². The van der Waals surface area contributed by atoms with Gasteiger partial charge in [0.15, 0.2) is 0 Å². The molecular formula is C14H19ClN2O3. The zero-order chi connectivity index (χ0) is 15.3. The Balaban J connectivity index is 3.04. The summed E-state index contributed by atoms with van der Waals surface area (Å²) in [5.41, 5.74) is 5.45. The third-order valence-corrected chi connectivity index (χ3v) is 3.85. The Morgan fingerprint density at radius 1 is 1.30 bits per heavy atom. The van der Waals surface area contributed by atoms with Gasteiger partial charge in [-0.05, 0) is 31.0 Å². The zero-order valence-electron chi connectivity index (χ0n) is 11.6. The first-order valence-corrected chi connectivity index (χ1v) is 6.81. The molecule has 0 radical (unpaired) electrons. The van der Waals surface area contributed by atoms with E-state index in [2.05, 4.69) is 5.32 Å². The molecule has 1 aromatic rings. The highest BCUT2D eigenvalue weighted by molar-refractivity contribution is 6.31. The molecule has 5 nitrogen and oxygen atoms in total. The molecule has 0 aliphatic carbocycles. The van der Waals surface area contributed by atoms with Crippen LogP contribution in [0.2, 0.25) is 5.02 Å². The molecule has 0 atom stereocenters. The molecule has 0 aliphatic rings. The van der Waals surface area contributed by atoms with Crippen molar-refractivity contribution in [2.75, 3.05) is 11.9 Å². The highest BCUT2D eigenvalue weighted by atomic mass is 35.5. The van der Waals surface area contributed by atoms with E-state index in [1.54, 1.807) is 0 Å². The highest BCUT2D eigenvalue weighted by Gasteiger charge is 2.33. The van der Waals surface area contributed by atoms with Crippen molar-refractivity contribution in [1.29, 1.82) is 0 Å². The van der Waals surface area contributed by atoms with Gasteiger partial charge in [-0.15, -0.1) is 0 Å². The lowest BCUT2D eigenvalue weighted by atomic mass is 9.81. The van der Waals surface area contributed by atoms with Gasteiger partial charge in [-0.25, -0.2) is 4.79 Å². The Kier molecular flexibility index (Phi) is 5.53. The van der Waals surface area contributed by atoms with Crippen molar-refractivity contribution < 1.29 is 14.7 Å². The number of nitrogens with one attached hydrogen (secondary N) is 1. The Bertz CT molecular complexity index is 505. The molecular weight excluding hydrogens is 280 g/mol. The van der Waals surface area contributed by atoms with Crippen LogP contribution in [0.1, 0.15) is 37.0 Å². The number of carboxylic acid groups (broad SMARTS) is 1. The first kappa shape index (κ1) is 16.5. The maximum absolute atomic E-state index is 12.3. The third-order valence-electron chi connectivity index (χ3n) is 3.63. The number of hydrogen-bond acceptors (Lipinski definition) is 3. The van der Waals surface area contributed by atoms with Gasteiger partial charge >= 0.3 is 5.97 Å². The van der Waals surface area contributed by atoms with Crippen LogP contribution in [0.25, 0.3) is 0 Å². The Morgan fingerprint density at radius 3 is 2.35 bits per heavy atom. The van der Waals surface area contributed by atoms with Gasteiger partial charge in [0, 0.05) is 17.3 Å². The van der Waals surface area contributed by atoms with Crippen LogP contribution >= 0.6 is 11.6 Å². The predicted molar refractivity (Wildman–Crippen MR) is 79.1 cm³/mol. The van der Waals surface area contributed by atoms with Gasteiger partial charge in [0.25, 0.3) is 0 Å². The summed E-state index contributed by atoms with van der Waals surface area (Å²) < 4.78 is 0. The first-order chi connectivity index (χ1) is 9.38. The van der Waals surface area contributed by atoms with E-state index in [0.29, 0.717) is 18.5 Å². The number of benzene rings is 1. The fraction of sp³-hybridized carbons (Fsp3) is 0.429. The number of rotatable bonds is 6. The standard InChI is InChI=1S/C14H19ClN2O3/c1-3-14(4-2,8-16)13(20)17-11-6-9(12(18)19)5-10(15)7-11/h5-7H,3-4,8,16H2,1-2H3,(H,17,20)(H,18,19). The van der Waals surface area contributed by atoms with Crippen molar-refractivity contribution >= 4 is 29.2 Å². The van der Waals surface area contributed by atoms with Crippen LogP contribution in [0.3, 0.4) is 0 Å². The van der Waals surface area contributed by atoms with E-state index in [-0.39, 0.29) is 23.0 Å². The van der Waals surface area contributed by atoms with Crippen molar-refractivity contribution in [1.82, 2.24) is 0 Å². The van der Waals surface area contributed by atoms with Crippen LogP contribution in [0, 0.1) is 5.41 Å². The number of carbonyl (C=O) groups excluding carboxylic acids is 1. The summed E-state index contributed by atoms with van der Waals surface area (Å²) in [5.74, 6) is -1.32. The van der Waals surface area contributed by atoms with Crippen LogP contribution in [0.4, 0.5) is 5.69 Å². The minimum absolute atomic E-state index is 0.0270. The number of amides is 1. The monoisotopic (exact) mass is 298 g/mol. The SMILES string of the molecule is CCC(CC)(CN)C(=O)Nc1cc(Cl)cc(C(=O)O)c1. The maximum Gasteiger partial charge on any atom is 0.335 e. The fourth-order valence-electron chi connectivity index (χ4n) is 2.00. The number of halogens is 1. The van der Waals surface area contributed by atoms with Crippen LogP contribution in [0.5, 0.6) is 0 Å². The van der Waals surface area contributed by atoms with E-state index in [4.69, 9.17) is 22.4 Å². The molecule has 110 valence electrons. The van der Waals surface area contributed by atoms with Gasteiger partial charge in [0.1, 0.15) is 0 Å². The van der Waals surface area contributed by atoms with Gasteiger partial charge < -0.3 is 16.2 Å². The molecule has 0 bridgehead atoms. The van der Waals surface area contributed by atoms with Crippen molar-refractivity contribution in [3.8, 4) is 0 Å². The van der Waals surface area contributed by atoms with Crippen molar-refractivity contribution in [3.05, 3.63) is 28.8 Å². The molecule has 0 saturated carbocycles. The number of carboxylic acids is 1. The summed E-state index contributed by atoms with van der Waals surface area (Å²) in [6, 6.07) is 4.21. The fourth-order valence-corrected chi connectivity index (χ4v) is 2.24. The normalized spacial score (nSPS) is 11.2. The lowest BCUT2D eigenvalue weighted by molar-refractivity contribution is -0.125. The Hall–Kier alpha value is -1.59. The molecule has 0 fully saturated rings. The molecule has 0 unspecified atom stereocenters. The molecule has 1 rings (SSSR count). The number of carbonyl (C=O) groups is 2. The first-order valence-electron chi connectivity index (χ1n) is 6.44. The smallest absolute Gasteiger partial charge is 0.335 e. The van der Waals surface area contributed by atoms with E-state index in [0.717, 1.165) is 0 Å². The maximum atomic E-state index is 12.3. The Morgan fingerprint density at radius 2 is 1.90 bits per heavy atom. The molecule has 0 spiro atoms. The minimum Gasteiger partial charge on any atom is -0.478 e. The molecule has 1 amide bonds. The summed E-state index contributed by atoms with van der Waals surface area (Å²) in [6.07, 6.45) is 1.22. The van der Waals surface area contributed by atoms with E-state index in [1.165, 1.54) is 18.2 Å². The molecule has 6 heteroatoms. The lowest BCUT2D eigenvalue weighted by Gasteiger charge is -2.28. The number of nitrogens with two attached hydrogens (primary N) is 1. The molecule has 0 aliphatic heterocycles. The Labute approximate surface area is 123 Å². The van der Waals surface area contributed by atoms with Gasteiger partial charge in [-0.1, -0.05) is 25.4 Å². The van der Waals surface area contributed by atoms with Crippen LogP contribution in [0.15, 0.2) is 18.2 Å². The number of anilines is 1. The van der Waals surface area contributed by atoms with Gasteiger partial charge in [-0.3, -0.25) is 4.79 Å². The molecule has 0 heterocycles. The van der Waals surface area contributed by atoms with Crippen molar-refractivity contribution in [2.45, 2.75) is 26.7 Å². The second-order valence-electron chi connectivity index (χ2n) is 4.68. The van der Waals surface area contributed by atoms with Gasteiger partial charge in [0.2, 0.25) is 5.91 Å². The topological polar surface area (TPSA) is 92.4 Å². The van der Waals surface area contributed by atoms with Gasteiger partial charge in [-0.2, -0.15) is 0 Å². The third kappa shape index (κ3) is 3.49. The molecule has 0 saturated heterocycles. The second kappa shape index (κ2) is 6.72. The van der Waals surface area contributed by atoms with Crippen LogP contribution < -0.4 is 11.1 Å². The average molecular weight is 299 g/mol. The van der Waals surface area contributed by atoms with Crippen LogP contribution in [-0.4, -0.2) is 23.5 Å². The van der Waals surface area contributed by atoms with E-state index in [1.807, 2.05) is 13.8 Å². The predicted octanol–water partition coefficient (Wildman–Crippen LogP) is 2.74. The van der Waals surface area contributed by atoms with E-state index < -0.39 is 11.4 Å². The molecule has 1 aromatic carbocycles. The zero-order valence-corrected chi connectivity index (χ0v) is 12.3. The summed E-state index contributed by atoms with van der Waals surface area (Å²) in [5, 5.41) is 11.9. The number of aromatic carboxylic acids is 1. The summed E-state index contributed by atoms with van der Waals surface area (Å²) in [7, 11) is 0. The highest BCUT2D eigenvalue weighted by Crippen LogP contribution is 2.28. The second-order valence-corrected chi connectivity index (χ2v) is 5.12. The average Bonchev–Trinajstić information content (AvgIpc) is 2.40. The molecule has 0 aromatic heterocycles. The summed E-state index contributed by atoms with van der Waals surface area (Å²) in [4.78, 5) is 23.3. The van der Waals surface area contributed by atoms with Crippen LogP contribution in [-0.2, 0) is 4.79 Å².